The molecule has 2 heterocycles. The molecule has 6 N–H and O–H groups in total. The number of fused-ring (bicyclic) bond motifs is 1. The highest BCUT2D eigenvalue weighted by Gasteiger charge is 2.28. The van der Waals surface area contributed by atoms with Crippen molar-refractivity contribution in [3.05, 3.63) is 96.2 Å². The van der Waals surface area contributed by atoms with Gasteiger partial charge in [-0.05, 0) is 53.4 Å². The van der Waals surface area contributed by atoms with Gasteiger partial charge >= 0.3 is 6.03 Å². The number of sulfonamides is 1. The maximum Gasteiger partial charge on any atom is 0.324 e. The van der Waals surface area contributed by atoms with E-state index in [1.54, 1.807) is 67.9 Å². The Kier molecular flexibility index (Phi) is 12.6. The van der Waals surface area contributed by atoms with Gasteiger partial charge < -0.3 is 35.9 Å². The van der Waals surface area contributed by atoms with Gasteiger partial charge in [0, 0.05) is 79.6 Å². The fourth-order valence-electron chi connectivity index (χ4n) is 6.71. The van der Waals surface area contributed by atoms with Crippen LogP contribution in [-0.2, 0) is 15.4 Å². The number of nitrogens with zero attached hydrogens (tertiary/aromatic N) is 3. The first kappa shape index (κ1) is 41.5. The molecule has 0 atom stereocenters. The first-order valence-electron chi connectivity index (χ1n) is 18.8. The molecule has 0 radical (unpaired) electrons. The molecule has 1 fully saturated rings. The summed E-state index contributed by atoms with van der Waals surface area (Å²) in [5.41, 5.74) is 8.28. The zero-order valence-corrected chi connectivity index (χ0v) is 34.3. The average Bonchev–Trinajstić information content (AvgIpc) is 3.18. The molecule has 6 rings (SSSR count). The molecule has 1 aliphatic heterocycles. The minimum Gasteiger partial charge on any atom is -0.497 e. The van der Waals surface area contributed by atoms with Gasteiger partial charge in [-0.15, -0.1) is 0 Å². The van der Waals surface area contributed by atoms with Crippen molar-refractivity contribution in [1.29, 1.82) is 0 Å². The van der Waals surface area contributed by atoms with E-state index >= 15 is 0 Å². The zero-order valence-electron chi connectivity index (χ0n) is 33.5. The van der Waals surface area contributed by atoms with Crippen molar-refractivity contribution >= 4 is 61.3 Å². The number of carbonyl (C=O) groups excluding carboxylic acids is 2. The Bertz CT molecular complexity index is 2410. The largest absolute Gasteiger partial charge is 0.497 e. The predicted molar refractivity (Wildman–Crippen MR) is 228 cm³/mol. The first-order valence-corrected chi connectivity index (χ1v) is 20.7. The third-order valence-electron chi connectivity index (χ3n) is 9.56. The predicted octanol–water partition coefficient (Wildman–Crippen LogP) is 6.31. The SMILES string of the molecule is COc1cc(Nc2cc(Oc3ccc(N(C(N)=O)c4cc(C(C)(C)C)cc(NS(C)(=O)=O)c4OC)c4ccccc34)ccn2)cc(C(=O)NCCN2CCNCC2)c1. The lowest BCUT2D eigenvalue weighted by Crippen LogP contribution is -2.46. The van der Waals surface area contributed by atoms with E-state index in [0.717, 1.165) is 44.5 Å². The van der Waals surface area contributed by atoms with E-state index in [-0.39, 0.29) is 23.0 Å². The second-order valence-corrected chi connectivity index (χ2v) is 16.7. The summed E-state index contributed by atoms with van der Waals surface area (Å²) in [6.07, 6.45) is 2.64. The number of hydrogen-bond acceptors (Lipinski definition) is 11. The monoisotopic (exact) mass is 810 g/mol. The highest BCUT2D eigenvalue weighted by molar-refractivity contribution is 7.92. The van der Waals surface area contributed by atoms with Crippen molar-refractivity contribution in [2.45, 2.75) is 26.2 Å². The van der Waals surface area contributed by atoms with Crippen molar-refractivity contribution in [2.75, 3.05) is 74.7 Å². The molecule has 3 amide bonds. The molecule has 16 heteroatoms. The number of carbonyl (C=O) groups is 2. The van der Waals surface area contributed by atoms with Gasteiger partial charge in [0.15, 0.2) is 5.75 Å². The summed E-state index contributed by atoms with van der Waals surface area (Å²) >= 11 is 0. The van der Waals surface area contributed by atoms with Gasteiger partial charge in [-0.25, -0.2) is 18.2 Å². The topological polar surface area (TPSA) is 189 Å². The Morgan fingerprint density at radius 3 is 2.33 bits per heavy atom. The Hall–Kier alpha value is -6.10. The molecule has 0 unspecified atom stereocenters. The van der Waals surface area contributed by atoms with Crippen molar-refractivity contribution in [1.82, 2.24) is 20.5 Å². The van der Waals surface area contributed by atoms with Crippen LogP contribution in [0.2, 0.25) is 0 Å². The van der Waals surface area contributed by atoms with Crippen LogP contribution in [0, 0.1) is 0 Å². The van der Waals surface area contributed by atoms with E-state index < -0.39 is 21.5 Å². The van der Waals surface area contributed by atoms with E-state index in [0.29, 0.717) is 57.3 Å². The highest BCUT2D eigenvalue weighted by Crippen LogP contribution is 2.46. The van der Waals surface area contributed by atoms with Crippen LogP contribution in [0.4, 0.5) is 33.4 Å². The number of rotatable bonds is 14. The fourth-order valence-corrected chi connectivity index (χ4v) is 7.26. The number of piperazine rings is 1. The number of anilines is 5. The second kappa shape index (κ2) is 17.6. The Morgan fingerprint density at radius 1 is 0.914 bits per heavy atom. The van der Waals surface area contributed by atoms with Crippen LogP contribution in [-0.4, -0.2) is 90.0 Å². The Morgan fingerprint density at radius 2 is 1.66 bits per heavy atom. The third-order valence-corrected chi connectivity index (χ3v) is 10.1. The van der Waals surface area contributed by atoms with Crippen LogP contribution >= 0.6 is 0 Å². The van der Waals surface area contributed by atoms with Gasteiger partial charge in [0.2, 0.25) is 10.0 Å². The van der Waals surface area contributed by atoms with Gasteiger partial charge in [0.25, 0.3) is 5.91 Å². The normalized spacial score (nSPS) is 13.4. The number of urea groups is 1. The van der Waals surface area contributed by atoms with E-state index in [1.807, 2.05) is 45.0 Å². The molecule has 0 spiro atoms. The van der Waals surface area contributed by atoms with Gasteiger partial charge in [-0.1, -0.05) is 45.0 Å². The number of methoxy groups -OCH3 is 2. The van der Waals surface area contributed by atoms with Crippen molar-refractivity contribution in [2.24, 2.45) is 5.73 Å². The Labute approximate surface area is 338 Å². The number of primary amides is 1. The molecule has 1 aliphatic rings. The average molecular weight is 811 g/mol. The minimum atomic E-state index is -3.72. The molecule has 15 nitrogen and oxygen atoms in total. The lowest BCUT2D eigenvalue weighted by atomic mass is 9.86. The first-order chi connectivity index (χ1) is 27.6. The van der Waals surface area contributed by atoms with Crippen molar-refractivity contribution in [3.63, 3.8) is 0 Å². The molecule has 0 saturated carbocycles. The standard InChI is InChI=1S/C42H50N8O7S/c1-42(2,3)28-23-34(48-58(6,53)54)39(56-5)36(24-28)50(41(43)52)35-11-12-37(33-10-8-7-9-32(33)35)57-30-13-14-45-38(26-30)47-29-21-27(22-31(25-29)55-4)40(51)46-17-20-49-18-15-44-16-19-49/h7-14,21-26,44,48H,15-20H2,1-6H3,(H2,43,52)(H,45,47)(H,46,51). The number of pyridine rings is 1. The number of hydrogen-bond donors (Lipinski definition) is 5. The van der Waals surface area contributed by atoms with Gasteiger partial charge in [0.1, 0.15) is 23.1 Å². The maximum atomic E-state index is 13.4. The number of amides is 3. The molecular formula is C42H50N8O7S. The van der Waals surface area contributed by atoms with Crippen LogP contribution in [0.3, 0.4) is 0 Å². The lowest BCUT2D eigenvalue weighted by molar-refractivity contribution is 0.0947. The lowest BCUT2D eigenvalue weighted by Gasteiger charge is -2.29. The highest BCUT2D eigenvalue weighted by atomic mass is 32.2. The number of nitrogens with one attached hydrogen (secondary N) is 4. The maximum absolute atomic E-state index is 13.4. The molecule has 0 bridgehead atoms. The van der Waals surface area contributed by atoms with E-state index in [2.05, 4.69) is 30.6 Å². The summed E-state index contributed by atoms with van der Waals surface area (Å²) in [6, 6.07) is 22.1. The summed E-state index contributed by atoms with van der Waals surface area (Å²) in [4.78, 5) is 34.6. The summed E-state index contributed by atoms with van der Waals surface area (Å²) in [5.74, 6) is 1.82. The number of aromatic nitrogens is 1. The van der Waals surface area contributed by atoms with Crippen LogP contribution in [0.1, 0.15) is 36.7 Å². The molecule has 0 aliphatic carbocycles. The summed E-state index contributed by atoms with van der Waals surface area (Å²) < 4.78 is 45.0. The summed E-state index contributed by atoms with van der Waals surface area (Å²) in [5, 5.41) is 10.9. The third kappa shape index (κ3) is 10.1. The van der Waals surface area contributed by atoms with E-state index in [9.17, 15) is 18.0 Å². The molecule has 5 aromatic rings. The summed E-state index contributed by atoms with van der Waals surface area (Å²) in [7, 11) is -0.777. The van der Waals surface area contributed by atoms with Gasteiger partial charge in [-0.2, -0.15) is 0 Å². The smallest absolute Gasteiger partial charge is 0.324 e. The van der Waals surface area contributed by atoms with Crippen LogP contribution in [0.25, 0.3) is 10.8 Å². The fraction of sp³-hybridized carbons (Fsp3) is 0.310. The number of benzene rings is 4. The van der Waals surface area contributed by atoms with Crippen molar-refractivity contribution in [3.8, 4) is 23.0 Å². The van der Waals surface area contributed by atoms with Gasteiger partial charge in [0.05, 0.1) is 37.5 Å². The van der Waals surface area contributed by atoms with Crippen molar-refractivity contribution < 1.29 is 32.2 Å². The van der Waals surface area contributed by atoms with Crippen LogP contribution in [0.5, 0.6) is 23.0 Å². The van der Waals surface area contributed by atoms with E-state index in [1.165, 1.54) is 12.0 Å². The molecule has 1 aromatic heterocycles. The zero-order chi connectivity index (χ0) is 41.6. The van der Waals surface area contributed by atoms with Crippen LogP contribution in [0.15, 0.2) is 85.1 Å². The van der Waals surface area contributed by atoms with Gasteiger partial charge in [-0.3, -0.25) is 19.3 Å². The molecule has 306 valence electrons. The minimum absolute atomic E-state index is 0.119. The number of nitrogens with two attached hydrogens (primary N) is 1. The van der Waals surface area contributed by atoms with Crippen LogP contribution < -0.4 is 45.5 Å². The molecular weight excluding hydrogens is 761 g/mol. The summed E-state index contributed by atoms with van der Waals surface area (Å²) in [6.45, 7) is 11.0. The second-order valence-electron chi connectivity index (χ2n) is 14.9. The van der Waals surface area contributed by atoms with E-state index in [4.69, 9.17) is 19.9 Å². The molecule has 1 saturated heterocycles. The quantitative estimate of drug-likeness (QED) is 0.0846. The molecule has 58 heavy (non-hydrogen) atoms. The molecule has 4 aromatic carbocycles. The Balaban J connectivity index is 1.28. The number of ether oxygens (including phenoxy) is 3.